The number of aromatic nitrogens is 10. The van der Waals surface area contributed by atoms with Gasteiger partial charge < -0.3 is 79.1 Å². The zero-order valence-corrected chi connectivity index (χ0v) is 42.0. The second kappa shape index (κ2) is 21.4. The molecule has 8 rings (SSSR count). The monoisotopic (exact) mass is 1130 g/mol. The van der Waals surface area contributed by atoms with E-state index in [-0.39, 0.29) is 40.7 Å². The number of phosphoric acid groups is 3. The van der Waals surface area contributed by atoms with Crippen LogP contribution >= 0.6 is 31.1 Å². The molecule has 74 heavy (non-hydrogen) atoms. The molecule has 8 heterocycles. The molecule has 36 nitrogen and oxygen atoms in total. The van der Waals surface area contributed by atoms with Crippen molar-refractivity contribution in [2.75, 3.05) is 58.7 Å². The lowest BCUT2D eigenvalue weighted by molar-refractivity contribution is -0.745. The van der Waals surface area contributed by atoms with Crippen LogP contribution in [-0.2, 0) is 71.2 Å². The van der Waals surface area contributed by atoms with Crippen LogP contribution in [0.2, 0.25) is 0 Å². The summed E-state index contributed by atoms with van der Waals surface area (Å²) in [6, 6.07) is 0.922. The van der Waals surface area contributed by atoms with Gasteiger partial charge in [-0.15, -0.1) is 0 Å². The summed E-state index contributed by atoms with van der Waals surface area (Å²) < 4.78 is 110. The fourth-order valence-electron chi connectivity index (χ4n) is 8.77. The quantitative estimate of drug-likeness (QED) is 0.0245. The normalized spacial score (nSPS) is 30.6. The molecule has 3 aliphatic heterocycles. The summed E-state index contributed by atoms with van der Waals surface area (Å²) in [4.78, 5) is 103. The number of hydrogen-bond donors (Lipinski definition) is 10. The highest BCUT2D eigenvalue weighted by molar-refractivity contribution is 7.66. The number of phosphoric ester groups is 2. The van der Waals surface area contributed by atoms with Gasteiger partial charge in [0.25, 0.3) is 17.1 Å². The molecule has 408 valence electrons. The van der Waals surface area contributed by atoms with Gasteiger partial charge >= 0.3 is 34.8 Å². The van der Waals surface area contributed by atoms with Gasteiger partial charge in [0.1, 0.15) is 50.1 Å². The van der Waals surface area contributed by atoms with E-state index in [1.54, 1.807) is 0 Å². The maximum atomic E-state index is 14.3. The molecular formula is C34H48N12O24P4. The number of H-pyrrole nitrogens is 2. The zero-order chi connectivity index (χ0) is 53.8. The molecule has 0 aromatic carbocycles. The molecule has 0 saturated carbocycles. The third kappa shape index (κ3) is 11.4. The minimum Gasteiger partial charge on any atom is -0.778 e. The van der Waals surface area contributed by atoms with Crippen molar-refractivity contribution >= 4 is 65.2 Å². The van der Waals surface area contributed by atoms with Crippen molar-refractivity contribution in [2.24, 2.45) is 18.9 Å². The average Bonchev–Trinajstić information content (AvgIpc) is 4.11. The molecule has 3 fully saturated rings. The highest BCUT2D eigenvalue weighted by atomic mass is 31.3. The highest BCUT2D eigenvalue weighted by Gasteiger charge is 2.54. The van der Waals surface area contributed by atoms with Gasteiger partial charge in [-0.05, 0) is 0 Å². The molecule has 12 N–H and O–H groups in total. The van der Waals surface area contributed by atoms with E-state index in [1.807, 2.05) is 4.98 Å². The highest BCUT2D eigenvalue weighted by Crippen LogP contribution is 2.68. The van der Waals surface area contributed by atoms with E-state index in [4.69, 9.17) is 48.7 Å². The van der Waals surface area contributed by atoms with Gasteiger partial charge in [-0.1, -0.05) is 4.98 Å². The van der Waals surface area contributed by atoms with Gasteiger partial charge in [-0.3, -0.25) is 42.3 Å². The summed E-state index contributed by atoms with van der Waals surface area (Å²) >= 11 is 0. The van der Waals surface area contributed by atoms with Crippen molar-refractivity contribution < 1.29 is 104 Å². The summed E-state index contributed by atoms with van der Waals surface area (Å²) in [5.74, 6) is -2.79. The number of aliphatic hydroxyl groups is 3. The molecule has 40 heteroatoms. The number of aromatic amines is 2. The SMILES string of the molecule is COC[C@@H]1[C@H](P(=O)([O-])OC[C@H]2O[C@@H](n3ccc(=O)[nH]c3=O)[C@H](O)[C@@H]2O)[C@@H](COP(=O)(O)OP(=O)(O)OP(=O)(O)OC[C@H]2O[C@@H]([n+]3cn(C)c4c(=O)[nH]c(N)nc43)[C@H](O)[C@@H]2COC)O[C@H]1n1cnc2c(N)ncnc21. The smallest absolute Gasteiger partial charge is 0.490 e. The van der Waals surface area contributed by atoms with Crippen LogP contribution in [0.1, 0.15) is 18.7 Å². The lowest BCUT2D eigenvalue weighted by atomic mass is 9.99. The van der Waals surface area contributed by atoms with Crippen molar-refractivity contribution in [3.8, 4) is 0 Å². The van der Waals surface area contributed by atoms with Crippen molar-refractivity contribution in [1.29, 1.82) is 0 Å². The number of aryl methyl sites for hydroxylation is 1. The lowest BCUT2D eigenvalue weighted by Gasteiger charge is -2.36. The molecule has 0 radical (unpaired) electrons. The minimum atomic E-state index is -6.20. The fraction of sp³-hybridized carbons (Fsp3) is 0.588. The van der Waals surface area contributed by atoms with Crippen molar-refractivity contribution in [1.82, 2.24) is 43.6 Å². The van der Waals surface area contributed by atoms with Crippen LogP contribution in [0.5, 0.6) is 0 Å². The Morgan fingerprint density at radius 3 is 2.07 bits per heavy atom. The fourth-order valence-corrected chi connectivity index (χ4v) is 14.1. The van der Waals surface area contributed by atoms with E-state index in [0.717, 1.165) is 29.5 Å². The van der Waals surface area contributed by atoms with Gasteiger partial charge in [-0.25, -0.2) is 38.0 Å². The number of ether oxygens (including phenoxy) is 5. The largest absolute Gasteiger partial charge is 0.778 e. The van der Waals surface area contributed by atoms with Crippen LogP contribution in [-0.4, -0.2) is 163 Å². The molecule has 5 aromatic heterocycles. The van der Waals surface area contributed by atoms with Crippen LogP contribution in [0, 0.1) is 11.8 Å². The van der Waals surface area contributed by atoms with E-state index in [9.17, 15) is 67.5 Å². The Morgan fingerprint density at radius 2 is 1.41 bits per heavy atom. The Bertz CT molecular complexity index is 3260. The first-order chi connectivity index (χ1) is 34.7. The van der Waals surface area contributed by atoms with Gasteiger partial charge in [-0.2, -0.15) is 8.62 Å². The van der Waals surface area contributed by atoms with Gasteiger partial charge in [0.05, 0.1) is 64.3 Å². The number of nitrogens with two attached hydrogens (primary N) is 2. The van der Waals surface area contributed by atoms with Crippen LogP contribution in [0.15, 0.2) is 45.6 Å². The first-order valence-corrected chi connectivity index (χ1v) is 27.5. The molecule has 16 atom stereocenters. The number of anilines is 2. The number of aliphatic hydroxyl groups excluding tert-OH is 3. The maximum absolute atomic E-state index is 14.3. The lowest BCUT2D eigenvalue weighted by Crippen LogP contribution is -2.45. The molecule has 0 amide bonds. The van der Waals surface area contributed by atoms with Crippen LogP contribution < -0.4 is 37.7 Å². The third-order valence-electron chi connectivity index (χ3n) is 11.9. The first kappa shape index (κ1) is 55.6. The molecule has 3 saturated heterocycles. The van der Waals surface area contributed by atoms with Gasteiger partial charge in [0.15, 0.2) is 24.0 Å². The van der Waals surface area contributed by atoms with E-state index >= 15 is 0 Å². The standard InChI is InChI=1S/C34H48N12O24P4/c1-43-13-46(28-21(43)29(51)42-33(36)41-28)31-22(48)14(6-61-2)16(66-31)8-64-72(55,56)69-74(59,60)70-73(57,58)65-10-18-25(15(7-62-3)30(68-18)45-12-39-20-26(35)37-11-38-27(20)45)71(53,54)63-9-17-23(49)24(50)32(67-17)44-5-4-19(47)40-34(44)52/h4-5,11-18,22-25,30-32,48-50H,6-10H2,1-3H3,(H9-,35,36,37,38,40,41,42,47,51,52,53,54,55,56,57,58,59,60)/t14-,15-,16-,17-,18-,22-,23-,24-,25+,30-,31-,32-/m1/s1. The predicted octanol–water partition coefficient (Wildman–Crippen LogP) is -4.29. The van der Waals surface area contributed by atoms with Gasteiger partial charge in [0.2, 0.25) is 11.7 Å². The Morgan fingerprint density at radius 1 is 0.770 bits per heavy atom. The van der Waals surface area contributed by atoms with Crippen molar-refractivity contribution in [3.05, 3.63) is 62.4 Å². The zero-order valence-electron chi connectivity index (χ0n) is 38.4. The van der Waals surface area contributed by atoms with Gasteiger partial charge in [0, 0.05) is 38.3 Å². The minimum absolute atomic E-state index is 0.00452. The molecule has 0 aliphatic carbocycles. The Kier molecular flexibility index (Phi) is 16.1. The Hall–Kier alpha value is -4.58. The molecule has 0 spiro atoms. The molecule has 3 aliphatic rings. The summed E-state index contributed by atoms with van der Waals surface area (Å²) in [5.41, 5.74) is 7.30. The second-order valence-electron chi connectivity index (χ2n) is 16.7. The second-order valence-corrected chi connectivity index (χ2v) is 23.3. The maximum Gasteiger partial charge on any atom is 0.490 e. The van der Waals surface area contributed by atoms with E-state index < -0.39 is 147 Å². The van der Waals surface area contributed by atoms with Crippen molar-refractivity contribution in [3.63, 3.8) is 0 Å². The number of nitrogens with zero attached hydrogens (tertiary/aromatic N) is 8. The molecule has 5 aromatic rings. The van der Waals surface area contributed by atoms with E-state index in [0.29, 0.717) is 0 Å². The number of nitrogens with one attached hydrogen (secondary N) is 2. The molecule has 0 bridgehead atoms. The predicted molar refractivity (Wildman–Crippen MR) is 238 cm³/mol. The number of nitrogen functional groups attached to an aromatic ring is 2. The number of rotatable bonds is 21. The summed E-state index contributed by atoms with van der Waals surface area (Å²) in [6.07, 6.45) is -10.1. The first-order valence-electron chi connectivity index (χ1n) is 21.4. The number of imidazole rings is 2. The Balaban J connectivity index is 0.967. The number of methoxy groups -OCH3 is 2. The van der Waals surface area contributed by atoms with E-state index in [2.05, 4.69) is 33.5 Å². The number of hydrogen-bond acceptors (Lipinski definition) is 27. The molecule has 4 unspecified atom stereocenters. The van der Waals surface area contributed by atoms with E-state index in [1.165, 1.54) is 41.3 Å². The third-order valence-corrected chi connectivity index (χ3v) is 18.1. The summed E-state index contributed by atoms with van der Waals surface area (Å²) in [6.45, 7) is -4.05. The summed E-state index contributed by atoms with van der Waals surface area (Å²) in [5, 5.41) is 32.8. The molecular weight excluding hydrogens is 1080 g/mol. The average molecular weight is 1130 g/mol. The topological polar surface area (TPSA) is 510 Å². The number of fused-ring (bicyclic) bond motifs is 2. The van der Waals surface area contributed by atoms with Crippen molar-refractivity contribution in [2.45, 2.75) is 61.0 Å². The summed E-state index contributed by atoms with van der Waals surface area (Å²) in [7, 11) is -19.6. The Labute approximate surface area is 412 Å². The van der Waals surface area contributed by atoms with Crippen LogP contribution in [0.3, 0.4) is 0 Å². The van der Waals surface area contributed by atoms with Crippen LogP contribution in [0.4, 0.5) is 11.8 Å². The van der Waals surface area contributed by atoms with Crippen LogP contribution in [0.25, 0.3) is 22.3 Å².